The topological polar surface area (TPSA) is 12.0 Å². The molecule has 0 aliphatic carbocycles. The van der Waals surface area contributed by atoms with Crippen LogP contribution < -0.4 is 5.32 Å². The van der Waals surface area contributed by atoms with Crippen LogP contribution >= 0.6 is 0 Å². The molecule has 1 atom stereocenters. The van der Waals surface area contributed by atoms with E-state index in [0.717, 1.165) is 12.8 Å². The first kappa shape index (κ1) is 12.9. The summed E-state index contributed by atoms with van der Waals surface area (Å²) >= 11 is 0. The maximum absolute atomic E-state index is 13.5. The minimum absolute atomic E-state index is 0.0242. The summed E-state index contributed by atoms with van der Waals surface area (Å²) in [5.41, 5.74) is 0.0242. The third-order valence-corrected chi connectivity index (χ3v) is 2.39. The van der Waals surface area contributed by atoms with E-state index in [1.165, 1.54) is 0 Å². The summed E-state index contributed by atoms with van der Waals surface area (Å²) < 4.78 is 13.5. The Labute approximate surface area is 82.1 Å². The van der Waals surface area contributed by atoms with E-state index in [1.807, 2.05) is 0 Å². The highest BCUT2D eigenvalue weighted by Gasteiger charge is 2.19. The Morgan fingerprint density at radius 3 is 1.92 bits per heavy atom. The van der Waals surface area contributed by atoms with Gasteiger partial charge in [-0.05, 0) is 26.7 Å². The molecule has 1 unspecified atom stereocenters. The lowest BCUT2D eigenvalue weighted by Gasteiger charge is -2.25. The molecular weight excluding hydrogens is 165 g/mol. The molecule has 13 heavy (non-hydrogen) atoms. The Morgan fingerprint density at radius 1 is 1.15 bits per heavy atom. The van der Waals surface area contributed by atoms with Crippen molar-refractivity contribution in [1.29, 1.82) is 0 Å². The molecule has 0 fully saturated rings. The molecule has 0 heterocycles. The minimum atomic E-state index is -0.700. The predicted octanol–water partition coefficient (Wildman–Crippen LogP) is 3.15. The maximum atomic E-state index is 13.5. The van der Waals surface area contributed by atoms with Gasteiger partial charge in [-0.1, -0.05) is 26.7 Å². The second kappa shape index (κ2) is 5.58. The highest BCUT2D eigenvalue weighted by atomic mass is 19.1. The normalized spacial score (nSPS) is 15.0. The average Bonchev–Trinajstić information content (AvgIpc) is 2.02. The summed E-state index contributed by atoms with van der Waals surface area (Å²) in [6.07, 6.45) is 1.17. The van der Waals surface area contributed by atoms with Crippen molar-refractivity contribution in [3.8, 4) is 0 Å². The molecule has 0 amide bonds. The van der Waals surface area contributed by atoms with Crippen LogP contribution in [0.5, 0.6) is 0 Å². The van der Waals surface area contributed by atoms with Crippen LogP contribution in [0.1, 0.15) is 47.5 Å². The van der Waals surface area contributed by atoms with Gasteiger partial charge in [-0.3, -0.25) is 0 Å². The molecule has 0 aromatic carbocycles. The number of halogens is 1. The molecule has 1 N–H and O–H groups in total. The van der Waals surface area contributed by atoms with E-state index in [1.54, 1.807) is 0 Å². The maximum Gasteiger partial charge on any atom is 0.115 e. The first-order chi connectivity index (χ1) is 5.90. The molecule has 80 valence electrons. The molecule has 1 nitrogen and oxygen atoms in total. The molecule has 0 aromatic heterocycles. The van der Waals surface area contributed by atoms with Gasteiger partial charge in [0.25, 0.3) is 0 Å². The Kier molecular flexibility index (Phi) is 5.54. The first-order valence-corrected chi connectivity index (χ1v) is 5.29. The summed E-state index contributed by atoms with van der Waals surface area (Å²) in [7, 11) is 0. The number of hydrogen-bond acceptors (Lipinski definition) is 1. The van der Waals surface area contributed by atoms with Gasteiger partial charge in [0.05, 0.1) is 0 Å². The molecule has 0 radical (unpaired) electrons. The van der Waals surface area contributed by atoms with Gasteiger partial charge in [0.1, 0.15) is 6.17 Å². The van der Waals surface area contributed by atoms with Crippen molar-refractivity contribution in [2.75, 3.05) is 6.54 Å². The van der Waals surface area contributed by atoms with E-state index in [4.69, 9.17) is 0 Å². The molecular formula is C11H24FN. The summed E-state index contributed by atoms with van der Waals surface area (Å²) in [6.45, 7) is 10.8. The van der Waals surface area contributed by atoms with E-state index in [9.17, 15) is 4.39 Å². The van der Waals surface area contributed by atoms with Crippen LogP contribution in [0.25, 0.3) is 0 Å². The summed E-state index contributed by atoms with van der Waals surface area (Å²) in [5.74, 6) is 0.217. The van der Waals surface area contributed by atoms with Crippen molar-refractivity contribution >= 4 is 0 Å². The van der Waals surface area contributed by atoms with Gasteiger partial charge in [-0.25, -0.2) is 4.39 Å². The zero-order valence-corrected chi connectivity index (χ0v) is 9.65. The van der Waals surface area contributed by atoms with Gasteiger partial charge in [-0.15, -0.1) is 0 Å². The Morgan fingerprint density at radius 2 is 1.62 bits per heavy atom. The lowest BCUT2D eigenvalue weighted by atomic mass is 9.97. The lowest BCUT2D eigenvalue weighted by molar-refractivity contribution is 0.196. The molecule has 0 rings (SSSR count). The van der Waals surface area contributed by atoms with Gasteiger partial charge in [0.15, 0.2) is 0 Å². The van der Waals surface area contributed by atoms with Crippen LogP contribution in [-0.4, -0.2) is 18.3 Å². The van der Waals surface area contributed by atoms with Crippen molar-refractivity contribution in [3.63, 3.8) is 0 Å². The first-order valence-electron chi connectivity index (χ1n) is 5.29. The SMILES string of the molecule is CCC(CC)C(F)CNC(C)(C)C. The van der Waals surface area contributed by atoms with Crippen LogP contribution in [0.15, 0.2) is 0 Å². The largest absolute Gasteiger partial charge is 0.309 e. The van der Waals surface area contributed by atoms with Gasteiger partial charge < -0.3 is 5.32 Å². The summed E-state index contributed by atoms with van der Waals surface area (Å²) in [6, 6.07) is 0. The van der Waals surface area contributed by atoms with Crippen LogP contribution in [0.2, 0.25) is 0 Å². The van der Waals surface area contributed by atoms with Crippen molar-refractivity contribution in [1.82, 2.24) is 5.32 Å². The van der Waals surface area contributed by atoms with E-state index in [-0.39, 0.29) is 11.5 Å². The molecule has 0 aliphatic heterocycles. The zero-order valence-electron chi connectivity index (χ0n) is 9.65. The van der Waals surface area contributed by atoms with Crippen molar-refractivity contribution < 1.29 is 4.39 Å². The second-order valence-electron chi connectivity index (χ2n) is 4.72. The van der Waals surface area contributed by atoms with E-state index in [2.05, 4.69) is 39.9 Å². The standard InChI is InChI=1S/C11H24FN/c1-6-9(7-2)10(12)8-13-11(3,4)5/h9-10,13H,6-8H2,1-5H3. The highest BCUT2D eigenvalue weighted by Crippen LogP contribution is 2.16. The third-order valence-electron chi connectivity index (χ3n) is 2.39. The van der Waals surface area contributed by atoms with Gasteiger partial charge >= 0.3 is 0 Å². The molecule has 2 heteroatoms. The quantitative estimate of drug-likeness (QED) is 0.700. The minimum Gasteiger partial charge on any atom is -0.309 e. The highest BCUT2D eigenvalue weighted by molar-refractivity contribution is 4.76. The van der Waals surface area contributed by atoms with E-state index >= 15 is 0 Å². The monoisotopic (exact) mass is 189 g/mol. The summed E-state index contributed by atoms with van der Waals surface area (Å²) in [5, 5.41) is 3.20. The smallest absolute Gasteiger partial charge is 0.115 e. The molecule has 0 aliphatic rings. The molecule has 0 spiro atoms. The fraction of sp³-hybridized carbons (Fsp3) is 1.00. The molecule has 0 saturated carbocycles. The molecule has 0 saturated heterocycles. The van der Waals surface area contributed by atoms with Crippen molar-refractivity contribution in [3.05, 3.63) is 0 Å². The fourth-order valence-corrected chi connectivity index (χ4v) is 1.37. The summed E-state index contributed by atoms with van der Waals surface area (Å²) in [4.78, 5) is 0. The Hall–Kier alpha value is -0.110. The average molecular weight is 189 g/mol. The number of alkyl halides is 1. The van der Waals surface area contributed by atoms with E-state index < -0.39 is 6.17 Å². The van der Waals surface area contributed by atoms with E-state index in [0.29, 0.717) is 6.54 Å². The van der Waals surface area contributed by atoms with Crippen molar-refractivity contribution in [2.45, 2.75) is 59.2 Å². The number of rotatable bonds is 5. The van der Waals surface area contributed by atoms with Crippen LogP contribution in [-0.2, 0) is 0 Å². The number of hydrogen-bond donors (Lipinski definition) is 1. The lowest BCUT2D eigenvalue weighted by Crippen LogP contribution is -2.41. The molecule has 0 bridgehead atoms. The second-order valence-corrected chi connectivity index (χ2v) is 4.72. The zero-order chi connectivity index (χ0) is 10.5. The van der Waals surface area contributed by atoms with Crippen molar-refractivity contribution in [2.24, 2.45) is 5.92 Å². The fourth-order valence-electron chi connectivity index (χ4n) is 1.37. The van der Waals surface area contributed by atoms with Gasteiger partial charge in [0.2, 0.25) is 0 Å². The Bertz CT molecular complexity index is 125. The molecule has 0 aromatic rings. The number of nitrogens with one attached hydrogen (secondary N) is 1. The van der Waals surface area contributed by atoms with Crippen LogP contribution in [0.4, 0.5) is 4.39 Å². The third kappa shape index (κ3) is 6.03. The van der Waals surface area contributed by atoms with Gasteiger partial charge in [-0.2, -0.15) is 0 Å². The predicted molar refractivity (Wildman–Crippen MR) is 56.7 cm³/mol. The van der Waals surface area contributed by atoms with Gasteiger partial charge in [0, 0.05) is 12.1 Å². The van der Waals surface area contributed by atoms with Crippen LogP contribution in [0, 0.1) is 5.92 Å². The Balaban J connectivity index is 3.78. The van der Waals surface area contributed by atoms with Crippen LogP contribution in [0.3, 0.4) is 0 Å².